The Morgan fingerprint density at radius 1 is 0.885 bits per heavy atom. The first-order chi connectivity index (χ1) is 12.5. The number of allylic oxidation sites excluding steroid dienone is 1. The molecule has 2 aromatic carbocycles. The van der Waals surface area contributed by atoms with E-state index in [1.54, 1.807) is 0 Å². The second-order valence-corrected chi connectivity index (χ2v) is 8.35. The number of benzene rings is 2. The van der Waals surface area contributed by atoms with Gasteiger partial charge in [-0.3, -0.25) is 4.90 Å². The average Bonchev–Trinajstić information content (AvgIpc) is 2.66. The summed E-state index contributed by atoms with van der Waals surface area (Å²) in [6.45, 7) is 14.1. The maximum Gasteiger partial charge on any atom is 0.0237 e. The van der Waals surface area contributed by atoms with Crippen molar-refractivity contribution in [1.29, 1.82) is 0 Å². The Balaban J connectivity index is 1.97. The Bertz CT molecular complexity index is 588. The van der Waals surface area contributed by atoms with E-state index in [-0.39, 0.29) is 0 Å². The first kappa shape index (κ1) is 20.5. The third-order valence-electron chi connectivity index (χ3n) is 5.28. The van der Waals surface area contributed by atoms with E-state index < -0.39 is 0 Å². The van der Waals surface area contributed by atoms with E-state index in [1.807, 2.05) is 0 Å². The van der Waals surface area contributed by atoms with Crippen molar-refractivity contribution in [2.75, 3.05) is 6.54 Å². The lowest BCUT2D eigenvalue weighted by Crippen LogP contribution is -2.28. The second kappa shape index (κ2) is 10.3. The van der Waals surface area contributed by atoms with Gasteiger partial charge in [0.05, 0.1) is 0 Å². The number of nitrogens with zero attached hydrogens (tertiary/aromatic N) is 1. The molecular weight excluding hydrogens is 314 g/mol. The third-order valence-corrected chi connectivity index (χ3v) is 5.28. The minimum absolute atomic E-state index is 0.364. The third kappa shape index (κ3) is 7.58. The van der Waals surface area contributed by atoms with Gasteiger partial charge in [-0.25, -0.2) is 0 Å². The van der Waals surface area contributed by atoms with Crippen LogP contribution in [0.4, 0.5) is 0 Å². The van der Waals surface area contributed by atoms with Gasteiger partial charge < -0.3 is 0 Å². The highest BCUT2D eigenvalue weighted by Gasteiger charge is 2.20. The summed E-state index contributed by atoms with van der Waals surface area (Å²) >= 11 is 0. The summed E-state index contributed by atoms with van der Waals surface area (Å²) in [4.78, 5) is 2.59. The molecule has 26 heavy (non-hydrogen) atoms. The fraction of sp³-hybridized carbons (Fsp3) is 0.440. The van der Waals surface area contributed by atoms with E-state index in [0.29, 0.717) is 11.3 Å². The zero-order valence-electron chi connectivity index (χ0n) is 16.8. The summed E-state index contributed by atoms with van der Waals surface area (Å²) in [7, 11) is 0. The van der Waals surface area contributed by atoms with E-state index in [1.165, 1.54) is 30.4 Å². The molecule has 0 heterocycles. The Hall–Kier alpha value is -1.86. The molecule has 0 amide bonds. The highest BCUT2D eigenvalue weighted by atomic mass is 15.1. The van der Waals surface area contributed by atoms with Crippen molar-refractivity contribution < 1.29 is 0 Å². The van der Waals surface area contributed by atoms with E-state index in [4.69, 9.17) is 0 Å². The minimum atomic E-state index is 0.364. The van der Waals surface area contributed by atoms with Crippen LogP contribution in [-0.2, 0) is 13.1 Å². The molecule has 0 fully saturated rings. The van der Waals surface area contributed by atoms with Crippen molar-refractivity contribution in [3.8, 4) is 0 Å². The summed E-state index contributed by atoms with van der Waals surface area (Å²) in [6.07, 6.45) is 5.78. The maximum atomic E-state index is 3.92. The number of hydrogen-bond acceptors (Lipinski definition) is 1. The van der Waals surface area contributed by atoms with Gasteiger partial charge in [-0.1, -0.05) is 87.5 Å². The summed E-state index contributed by atoms with van der Waals surface area (Å²) in [5.74, 6) is 0.610. The zero-order chi connectivity index (χ0) is 18.8. The molecule has 1 atom stereocenters. The molecule has 0 aliphatic carbocycles. The maximum absolute atomic E-state index is 3.92. The molecule has 0 saturated carbocycles. The largest absolute Gasteiger partial charge is 0.295 e. The molecule has 2 aromatic rings. The van der Waals surface area contributed by atoms with Gasteiger partial charge >= 0.3 is 0 Å². The van der Waals surface area contributed by atoms with Gasteiger partial charge in [0.25, 0.3) is 0 Å². The molecule has 0 radical (unpaired) electrons. The first-order valence-electron chi connectivity index (χ1n) is 9.91. The Labute approximate surface area is 160 Å². The molecule has 0 bridgehead atoms. The summed E-state index contributed by atoms with van der Waals surface area (Å²) in [5, 5.41) is 0. The van der Waals surface area contributed by atoms with Gasteiger partial charge in [-0.2, -0.15) is 0 Å². The van der Waals surface area contributed by atoms with Crippen LogP contribution < -0.4 is 0 Å². The van der Waals surface area contributed by atoms with E-state index in [0.717, 1.165) is 19.6 Å². The lowest BCUT2D eigenvalue weighted by Gasteiger charge is -2.30. The predicted octanol–water partition coefficient (Wildman–Crippen LogP) is 6.71. The van der Waals surface area contributed by atoms with Crippen LogP contribution in [0, 0.1) is 11.3 Å². The van der Waals surface area contributed by atoms with Gasteiger partial charge in [0.2, 0.25) is 0 Å². The highest BCUT2D eigenvalue weighted by molar-refractivity contribution is 5.17. The fourth-order valence-electron chi connectivity index (χ4n) is 3.22. The number of rotatable bonds is 11. The Morgan fingerprint density at radius 2 is 1.38 bits per heavy atom. The van der Waals surface area contributed by atoms with Crippen LogP contribution in [0.15, 0.2) is 73.3 Å². The summed E-state index contributed by atoms with van der Waals surface area (Å²) in [6, 6.07) is 21.7. The van der Waals surface area contributed by atoms with Crippen LogP contribution in [0.5, 0.6) is 0 Å². The lowest BCUT2D eigenvalue weighted by molar-refractivity contribution is 0.192. The first-order valence-corrected chi connectivity index (χ1v) is 9.91. The van der Waals surface area contributed by atoms with Crippen LogP contribution >= 0.6 is 0 Å². The van der Waals surface area contributed by atoms with Crippen LogP contribution in [-0.4, -0.2) is 11.4 Å². The highest BCUT2D eigenvalue weighted by Crippen LogP contribution is 2.29. The Kier molecular flexibility index (Phi) is 8.12. The molecule has 0 saturated heterocycles. The van der Waals surface area contributed by atoms with Gasteiger partial charge in [0.1, 0.15) is 0 Å². The molecular formula is C25H35N. The standard InChI is InChI=1S/C25H35N/c1-5-22(2)16-17-25(3,4)18-19-26(20-23-12-8-6-9-13-23)21-24-14-10-7-11-15-24/h5-15,22H,1,16-21H2,2-4H3. The monoisotopic (exact) mass is 349 g/mol. The molecule has 1 heteroatoms. The predicted molar refractivity (Wildman–Crippen MR) is 114 cm³/mol. The topological polar surface area (TPSA) is 3.24 Å². The second-order valence-electron chi connectivity index (χ2n) is 8.35. The molecule has 2 rings (SSSR count). The quantitative estimate of drug-likeness (QED) is 0.408. The molecule has 0 spiro atoms. The van der Waals surface area contributed by atoms with E-state index >= 15 is 0 Å². The van der Waals surface area contributed by atoms with Gasteiger partial charge in [0, 0.05) is 13.1 Å². The molecule has 0 aliphatic heterocycles. The van der Waals surface area contributed by atoms with Gasteiger partial charge in [0.15, 0.2) is 0 Å². The zero-order valence-corrected chi connectivity index (χ0v) is 16.8. The molecule has 0 N–H and O–H groups in total. The van der Waals surface area contributed by atoms with Crippen LogP contribution in [0.3, 0.4) is 0 Å². The minimum Gasteiger partial charge on any atom is -0.295 e. The van der Waals surface area contributed by atoms with Crippen molar-refractivity contribution in [3.63, 3.8) is 0 Å². The molecule has 1 nitrogen and oxygen atoms in total. The van der Waals surface area contributed by atoms with Crippen LogP contribution in [0.25, 0.3) is 0 Å². The van der Waals surface area contributed by atoms with Crippen molar-refractivity contribution in [1.82, 2.24) is 4.90 Å². The molecule has 0 aliphatic rings. The van der Waals surface area contributed by atoms with Crippen molar-refractivity contribution in [3.05, 3.63) is 84.4 Å². The van der Waals surface area contributed by atoms with E-state index in [2.05, 4.69) is 99.0 Å². The average molecular weight is 350 g/mol. The Morgan fingerprint density at radius 3 is 1.85 bits per heavy atom. The van der Waals surface area contributed by atoms with E-state index in [9.17, 15) is 0 Å². The van der Waals surface area contributed by atoms with Crippen molar-refractivity contribution in [2.45, 2.75) is 53.1 Å². The van der Waals surface area contributed by atoms with Gasteiger partial charge in [-0.05, 0) is 48.3 Å². The van der Waals surface area contributed by atoms with Gasteiger partial charge in [-0.15, -0.1) is 6.58 Å². The molecule has 0 aromatic heterocycles. The summed E-state index contributed by atoms with van der Waals surface area (Å²) < 4.78 is 0. The number of hydrogen-bond donors (Lipinski definition) is 0. The molecule has 140 valence electrons. The lowest BCUT2D eigenvalue weighted by atomic mass is 9.82. The van der Waals surface area contributed by atoms with Crippen LogP contribution in [0.1, 0.15) is 51.2 Å². The SMILES string of the molecule is C=CC(C)CCC(C)(C)CCN(Cc1ccccc1)Cc1ccccc1. The molecule has 1 unspecified atom stereocenters. The summed E-state index contributed by atoms with van der Waals surface area (Å²) in [5.41, 5.74) is 3.14. The van der Waals surface area contributed by atoms with Crippen molar-refractivity contribution >= 4 is 0 Å². The van der Waals surface area contributed by atoms with Crippen LogP contribution in [0.2, 0.25) is 0 Å². The fourth-order valence-corrected chi connectivity index (χ4v) is 3.22. The van der Waals surface area contributed by atoms with Crippen molar-refractivity contribution in [2.24, 2.45) is 11.3 Å². The smallest absolute Gasteiger partial charge is 0.0237 e. The normalized spacial score (nSPS) is 12.9.